The minimum Gasteiger partial charge on any atom is -0.383 e. The molecule has 5 heteroatoms. The molecule has 1 atom stereocenters. The molecule has 0 radical (unpaired) electrons. The Morgan fingerprint density at radius 3 is 2.44 bits per heavy atom. The van der Waals surface area contributed by atoms with E-state index in [0.29, 0.717) is 4.88 Å². The predicted octanol–water partition coefficient (Wildman–Crippen LogP) is 4.32. The summed E-state index contributed by atoms with van der Waals surface area (Å²) in [5.74, 6) is -1.45. The Balaban J connectivity index is 2.09. The number of hydrogen-bond acceptors (Lipinski definition) is 3. The van der Waals surface area contributed by atoms with Gasteiger partial charge in [-0.2, -0.15) is 0 Å². The van der Waals surface area contributed by atoms with Gasteiger partial charge >= 0.3 is 0 Å². The molecule has 1 unspecified atom stereocenters. The molecule has 0 spiro atoms. The molecule has 1 N–H and O–H groups in total. The first-order valence-electron chi connectivity index (χ1n) is 5.25. The number of aliphatic hydroxyl groups is 1. The lowest BCUT2D eigenvalue weighted by molar-refractivity contribution is 0.213. The fourth-order valence-electron chi connectivity index (χ4n) is 1.83. The van der Waals surface area contributed by atoms with Gasteiger partial charge < -0.3 is 5.11 Å². The van der Waals surface area contributed by atoms with Crippen molar-refractivity contribution in [3.05, 3.63) is 57.8 Å². The molecule has 0 fully saturated rings. The highest BCUT2D eigenvalue weighted by Crippen LogP contribution is 2.37. The van der Waals surface area contributed by atoms with E-state index >= 15 is 0 Å². The Bertz CT molecular complexity index is 653. The molecule has 0 aliphatic carbocycles. The second kappa shape index (κ2) is 4.42. The van der Waals surface area contributed by atoms with E-state index < -0.39 is 17.7 Å². The van der Waals surface area contributed by atoms with Crippen molar-refractivity contribution in [1.29, 1.82) is 0 Å². The summed E-state index contributed by atoms with van der Waals surface area (Å²) < 4.78 is 29.2. The fourth-order valence-corrected chi connectivity index (χ4v) is 3.95. The van der Waals surface area contributed by atoms with Crippen LogP contribution in [-0.2, 0) is 0 Å². The lowest BCUT2D eigenvalue weighted by Gasteiger charge is -2.10. The molecule has 3 rings (SSSR count). The summed E-state index contributed by atoms with van der Waals surface area (Å²) in [6, 6.07) is 7.29. The summed E-state index contributed by atoms with van der Waals surface area (Å²) in [4.78, 5) is 0.556. The highest BCUT2D eigenvalue weighted by molar-refractivity contribution is 7.26. The van der Waals surface area contributed by atoms with Crippen LogP contribution in [0.5, 0.6) is 0 Å². The largest absolute Gasteiger partial charge is 0.383 e. The van der Waals surface area contributed by atoms with Gasteiger partial charge in [-0.15, -0.1) is 22.7 Å². The van der Waals surface area contributed by atoms with Crippen molar-refractivity contribution in [2.45, 2.75) is 6.10 Å². The van der Waals surface area contributed by atoms with Gasteiger partial charge in [-0.25, -0.2) is 8.78 Å². The van der Waals surface area contributed by atoms with Crippen LogP contribution in [0.15, 0.2) is 35.7 Å². The maximum Gasteiger partial charge on any atom is 0.132 e. The molecule has 0 aliphatic heterocycles. The summed E-state index contributed by atoms with van der Waals surface area (Å²) in [7, 11) is 0. The summed E-state index contributed by atoms with van der Waals surface area (Å²) in [6.45, 7) is 0. The molecule has 0 bridgehead atoms. The molecular weight excluding hydrogens is 274 g/mol. The third-order valence-corrected chi connectivity index (χ3v) is 4.85. The van der Waals surface area contributed by atoms with Crippen LogP contribution in [0.2, 0.25) is 0 Å². The number of rotatable bonds is 2. The molecule has 92 valence electrons. The standard InChI is InChI=1S/C13H8F2OS2/c14-7-2-1-3-8(15)12(7)13(16)11-6-10-9(18-11)4-5-17-10/h1-6,13,16H. The lowest BCUT2D eigenvalue weighted by atomic mass is 10.1. The van der Waals surface area contributed by atoms with Crippen LogP contribution in [-0.4, -0.2) is 5.11 Å². The molecule has 18 heavy (non-hydrogen) atoms. The molecule has 2 aromatic heterocycles. The molecule has 3 aromatic rings. The van der Waals surface area contributed by atoms with Crippen molar-refractivity contribution >= 4 is 32.1 Å². The van der Waals surface area contributed by atoms with Crippen molar-refractivity contribution in [3.63, 3.8) is 0 Å². The number of halogens is 2. The third-order valence-electron chi connectivity index (χ3n) is 2.70. The van der Waals surface area contributed by atoms with Crippen LogP contribution >= 0.6 is 22.7 Å². The van der Waals surface area contributed by atoms with E-state index in [1.165, 1.54) is 17.4 Å². The van der Waals surface area contributed by atoms with Gasteiger partial charge in [0.1, 0.15) is 17.7 Å². The highest BCUT2D eigenvalue weighted by Gasteiger charge is 2.21. The SMILES string of the molecule is OC(c1cc2sccc2s1)c1c(F)cccc1F. The first kappa shape index (κ1) is 11.8. The van der Waals surface area contributed by atoms with E-state index in [-0.39, 0.29) is 5.56 Å². The number of benzene rings is 1. The van der Waals surface area contributed by atoms with Crippen LogP contribution in [0.4, 0.5) is 8.78 Å². The van der Waals surface area contributed by atoms with Crippen molar-refractivity contribution in [2.24, 2.45) is 0 Å². The van der Waals surface area contributed by atoms with Crippen molar-refractivity contribution in [1.82, 2.24) is 0 Å². The number of aliphatic hydroxyl groups excluding tert-OH is 1. The van der Waals surface area contributed by atoms with Crippen LogP contribution in [0, 0.1) is 11.6 Å². The minimum atomic E-state index is -1.25. The number of fused-ring (bicyclic) bond motifs is 1. The third kappa shape index (κ3) is 1.84. The molecule has 1 aromatic carbocycles. The van der Waals surface area contributed by atoms with E-state index in [9.17, 15) is 13.9 Å². The molecule has 1 nitrogen and oxygen atoms in total. The van der Waals surface area contributed by atoms with E-state index in [1.54, 1.807) is 17.4 Å². The second-order valence-corrected chi connectivity index (χ2v) is 5.90. The molecule has 0 amide bonds. The van der Waals surface area contributed by atoms with E-state index in [1.807, 2.05) is 11.4 Å². The topological polar surface area (TPSA) is 20.2 Å². The van der Waals surface area contributed by atoms with Crippen molar-refractivity contribution < 1.29 is 13.9 Å². The maximum absolute atomic E-state index is 13.6. The molecule has 0 saturated heterocycles. The van der Waals surface area contributed by atoms with Gasteiger partial charge in [0.25, 0.3) is 0 Å². The second-order valence-electron chi connectivity index (χ2n) is 3.84. The van der Waals surface area contributed by atoms with Gasteiger partial charge in [0.15, 0.2) is 0 Å². The molecule has 0 aliphatic rings. The van der Waals surface area contributed by atoms with Gasteiger partial charge in [0, 0.05) is 14.3 Å². The predicted molar refractivity (Wildman–Crippen MR) is 70.1 cm³/mol. The zero-order chi connectivity index (χ0) is 12.7. The molecule has 0 saturated carbocycles. The summed E-state index contributed by atoms with van der Waals surface area (Å²) >= 11 is 2.89. The maximum atomic E-state index is 13.6. The van der Waals surface area contributed by atoms with Gasteiger partial charge in [-0.05, 0) is 29.6 Å². The normalized spacial score (nSPS) is 13.1. The Labute approximate surface area is 110 Å². The van der Waals surface area contributed by atoms with Crippen molar-refractivity contribution in [2.75, 3.05) is 0 Å². The van der Waals surface area contributed by atoms with Crippen LogP contribution in [0.3, 0.4) is 0 Å². The van der Waals surface area contributed by atoms with Crippen LogP contribution in [0.25, 0.3) is 9.40 Å². The lowest BCUT2D eigenvalue weighted by Crippen LogP contribution is -2.03. The van der Waals surface area contributed by atoms with E-state index in [0.717, 1.165) is 21.5 Å². The average Bonchev–Trinajstić information content (AvgIpc) is 2.88. The summed E-state index contributed by atoms with van der Waals surface area (Å²) in [5, 5.41) is 12.1. The Morgan fingerprint density at radius 2 is 1.78 bits per heavy atom. The first-order valence-corrected chi connectivity index (χ1v) is 6.95. The van der Waals surface area contributed by atoms with Crippen LogP contribution < -0.4 is 0 Å². The summed E-state index contributed by atoms with van der Waals surface area (Å²) in [6.07, 6.45) is -1.25. The summed E-state index contributed by atoms with van der Waals surface area (Å²) in [5.41, 5.74) is -0.286. The van der Waals surface area contributed by atoms with Gasteiger partial charge in [0.2, 0.25) is 0 Å². The van der Waals surface area contributed by atoms with Crippen LogP contribution in [0.1, 0.15) is 16.5 Å². The minimum absolute atomic E-state index is 0.286. The number of hydrogen-bond donors (Lipinski definition) is 1. The molecule has 2 heterocycles. The van der Waals surface area contributed by atoms with Gasteiger partial charge in [-0.3, -0.25) is 0 Å². The van der Waals surface area contributed by atoms with E-state index in [4.69, 9.17) is 0 Å². The average molecular weight is 282 g/mol. The fraction of sp³-hybridized carbons (Fsp3) is 0.0769. The van der Waals surface area contributed by atoms with Gasteiger partial charge in [-0.1, -0.05) is 6.07 Å². The quantitative estimate of drug-likeness (QED) is 0.742. The molecular formula is C13H8F2OS2. The van der Waals surface area contributed by atoms with Gasteiger partial charge in [0.05, 0.1) is 5.56 Å². The Kier molecular flexibility index (Phi) is 2.89. The zero-order valence-electron chi connectivity index (χ0n) is 9.06. The zero-order valence-corrected chi connectivity index (χ0v) is 10.7. The highest BCUT2D eigenvalue weighted by atomic mass is 32.1. The number of thiophene rings is 2. The van der Waals surface area contributed by atoms with Crippen molar-refractivity contribution in [3.8, 4) is 0 Å². The Morgan fingerprint density at radius 1 is 1.06 bits per heavy atom. The smallest absolute Gasteiger partial charge is 0.132 e. The monoisotopic (exact) mass is 282 g/mol. The first-order chi connectivity index (χ1) is 8.66. The van der Waals surface area contributed by atoms with E-state index in [2.05, 4.69) is 0 Å². The Hall–Kier alpha value is -1.30.